The van der Waals surface area contributed by atoms with Crippen LogP contribution in [0.2, 0.25) is 0 Å². The highest BCUT2D eigenvalue weighted by atomic mass is 16.5. The van der Waals surface area contributed by atoms with Gasteiger partial charge in [-0.2, -0.15) is 0 Å². The van der Waals surface area contributed by atoms with Gasteiger partial charge in [0.2, 0.25) is 5.91 Å². The van der Waals surface area contributed by atoms with Crippen molar-refractivity contribution < 1.29 is 14.3 Å². The van der Waals surface area contributed by atoms with E-state index in [-0.39, 0.29) is 11.8 Å². The molecule has 6 nitrogen and oxygen atoms in total. The number of carbonyl (C=O) groups is 2. The molecule has 2 rings (SSSR count). The van der Waals surface area contributed by atoms with Crippen LogP contribution in [-0.2, 0) is 11.3 Å². The summed E-state index contributed by atoms with van der Waals surface area (Å²) in [6.07, 6.45) is 4.42. The fourth-order valence-corrected chi connectivity index (χ4v) is 2.52. The van der Waals surface area contributed by atoms with Gasteiger partial charge in [0, 0.05) is 39.0 Å². The Kier molecular flexibility index (Phi) is 7.61. The predicted molar refractivity (Wildman–Crippen MR) is 99.9 cm³/mol. The first-order valence-electron chi connectivity index (χ1n) is 8.74. The molecule has 2 aromatic rings. The van der Waals surface area contributed by atoms with Gasteiger partial charge >= 0.3 is 0 Å². The molecule has 2 amide bonds. The summed E-state index contributed by atoms with van der Waals surface area (Å²) in [7, 11) is 1.77. The Hall–Kier alpha value is -2.89. The van der Waals surface area contributed by atoms with Gasteiger partial charge in [0.05, 0.1) is 12.2 Å². The van der Waals surface area contributed by atoms with E-state index in [1.165, 1.54) is 0 Å². The van der Waals surface area contributed by atoms with E-state index in [1.54, 1.807) is 42.5 Å². The Morgan fingerprint density at radius 1 is 1.19 bits per heavy atom. The highest BCUT2D eigenvalue weighted by Crippen LogP contribution is 2.17. The van der Waals surface area contributed by atoms with Crippen molar-refractivity contribution in [2.45, 2.75) is 26.3 Å². The summed E-state index contributed by atoms with van der Waals surface area (Å²) in [5, 5.41) is 2.84. The van der Waals surface area contributed by atoms with Gasteiger partial charge in [-0.25, -0.2) is 0 Å². The quantitative estimate of drug-likeness (QED) is 0.702. The van der Waals surface area contributed by atoms with Crippen LogP contribution in [-0.4, -0.2) is 41.9 Å². The number of carbonyl (C=O) groups excluding carboxylic acids is 2. The van der Waals surface area contributed by atoms with Gasteiger partial charge in [0.1, 0.15) is 5.75 Å². The smallest absolute Gasteiger partial charge is 0.255 e. The Morgan fingerprint density at radius 3 is 2.73 bits per heavy atom. The molecular weight excluding hydrogens is 330 g/mol. The van der Waals surface area contributed by atoms with Gasteiger partial charge in [0.15, 0.2) is 0 Å². The number of hydrogen-bond donors (Lipinski definition) is 1. The third-order valence-corrected chi connectivity index (χ3v) is 3.85. The number of ether oxygens (including phenoxy) is 1. The first kappa shape index (κ1) is 19.4. The molecule has 0 atom stereocenters. The van der Waals surface area contributed by atoms with Crippen molar-refractivity contribution in [2.75, 3.05) is 20.2 Å². The fourth-order valence-electron chi connectivity index (χ4n) is 2.52. The zero-order chi connectivity index (χ0) is 18.8. The van der Waals surface area contributed by atoms with E-state index in [2.05, 4.69) is 10.3 Å². The number of rotatable bonds is 9. The predicted octanol–water partition coefficient (Wildman–Crippen LogP) is 2.65. The SMILES string of the molecule is CCOc1ccccc1C(=O)NCCCC(=O)N(C)Cc1cccnc1. The molecule has 0 spiro atoms. The number of nitrogens with one attached hydrogen (secondary N) is 1. The van der Waals surface area contributed by atoms with Crippen LogP contribution in [0.4, 0.5) is 0 Å². The summed E-state index contributed by atoms with van der Waals surface area (Å²) in [5.74, 6) is 0.419. The van der Waals surface area contributed by atoms with Crippen LogP contribution in [0.1, 0.15) is 35.7 Å². The molecule has 1 aromatic heterocycles. The van der Waals surface area contributed by atoms with Crippen molar-refractivity contribution in [1.29, 1.82) is 0 Å². The second-order valence-corrected chi connectivity index (χ2v) is 5.90. The molecule has 1 N–H and O–H groups in total. The summed E-state index contributed by atoms with van der Waals surface area (Å²) in [6.45, 7) is 3.34. The van der Waals surface area contributed by atoms with Crippen molar-refractivity contribution in [3.8, 4) is 5.75 Å². The lowest BCUT2D eigenvalue weighted by molar-refractivity contribution is -0.130. The standard InChI is InChI=1S/C20H25N3O3/c1-3-26-18-10-5-4-9-17(18)20(25)22-13-7-11-19(24)23(2)15-16-8-6-12-21-14-16/h4-6,8-10,12,14H,3,7,11,13,15H2,1-2H3,(H,22,25). The number of amides is 2. The molecule has 0 unspecified atom stereocenters. The topological polar surface area (TPSA) is 71.5 Å². The van der Waals surface area contributed by atoms with Gasteiger partial charge in [-0.3, -0.25) is 14.6 Å². The Bertz CT molecular complexity index is 719. The van der Waals surface area contributed by atoms with E-state index < -0.39 is 0 Å². The zero-order valence-corrected chi connectivity index (χ0v) is 15.3. The highest BCUT2D eigenvalue weighted by Gasteiger charge is 2.12. The Labute approximate surface area is 154 Å². The molecule has 0 radical (unpaired) electrons. The minimum Gasteiger partial charge on any atom is -0.493 e. The maximum absolute atomic E-state index is 12.3. The van der Waals surface area contributed by atoms with Gasteiger partial charge < -0.3 is 15.0 Å². The fraction of sp³-hybridized carbons (Fsp3) is 0.350. The number of para-hydroxylation sites is 1. The minimum atomic E-state index is -0.190. The first-order chi connectivity index (χ1) is 12.6. The van der Waals surface area contributed by atoms with Gasteiger partial charge in [-0.15, -0.1) is 0 Å². The van der Waals surface area contributed by atoms with Gasteiger partial charge in [-0.1, -0.05) is 18.2 Å². The molecule has 0 aliphatic rings. The Morgan fingerprint density at radius 2 is 2.00 bits per heavy atom. The second kappa shape index (κ2) is 10.2. The summed E-state index contributed by atoms with van der Waals surface area (Å²) in [4.78, 5) is 30.2. The molecule has 0 fully saturated rings. The molecule has 1 heterocycles. The van der Waals surface area contributed by atoms with Crippen molar-refractivity contribution >= 4 is 11.8 Å². The van der Waals surface area contributed by atoms with Crippen LogP contribution in [0.3, 0.4) is 0 Å². The third-order valence-electron chi connectivity index (χ3n) is 3.85. The third kappa shape index (κ3) is 5.88. The number of nitrogens with zero attached hydrogens (tertiary/aromatic N) is 2. The zero-order valence-electron chi connectivity index (χ0n) is 15.3. The lowest BCUT2D eigenvalue weighted by Crippen LogP contribution is -2.29. The highest BCUT2D eigenvalue weighted by molar-refractivity contribution is 5.96. The number of benzene rings is 1. The monoisotopic (exact) mass is 355 g/mol. The van der Waals surface area contributed by atoms with E-state index in [1.807, 2.05) is 25.1 Å². The summed E-state index contributed by atoms with van der Waals surface area (Å²) in [6, 6.07) is 10.9. The molecule has 138 valence electrons. The Balaban J connectivity index is 1.74. The molecule has 0 saturated heterocycles. The van der Waals surface area contributed by atoms with Crippen LogP contribution in [0.15, 0.2) is 48.8 Å². The number of pyridine rings is 1. The molecule has 0 aliphatic heterocycles. The molecule has 0 bridgehead atoms. The molecular formula is C20H25N3O3. The molecule has 0 aliphatic carbocycles. The molecule has 26 heavy (non-hydrogen) atoms. The molecule has 0 saturated carbocycles. The van der Waals surface area contributed by atoms with Crippen molar-refractivity contribution in [1.82, 2.24) is 15.2 Å². The van der Waals surface area contributed by atoms with E-state index in [9.17, 15) is 9.59 Å². The van der Waals surface area contributed by atoms with Crippen LogP contribution >= 0.6 is 0 Å². The molecule has 1 aromatic carbocycles. The maximum Gasteiger partial charge on any atom is 0.255 e. The minimum absolute atomic E-state index is 0.0396. The van der Waals surface area contributed by atoms with Crippen molar-refractivity contribution in [3.05, 3.63) is 59.9 Å². The van der Waals surface area contributed by atoms with Gasteiger partial charge in [-0.05, 0) is 37.1 Å². The van der Waals surface area contributed by atoms with E-state index >= 15 is 0 Å². The number of aromatic nitrogens is 1. The van der Waals surface area contributed by atoms with Crippen LogP contribution in [0.25, 0.3) is 0 Å². The average molecular weight is 355 g/mol. The summed E-state index contributed by atoms with van der Waals surface area (Å²) < 4.78 is 5.46. The van der Waals surface area contributed by atoms with E-state index in [0.29, 0.717) is 43.9 Å². The van der Waals surface area contributed by atoms with Crippen LogP contribution in [0, 0.1) is 0 Å². The van der Waals surface area contributed by atoms with Crippen LogP contribution in [0.5, 0.6) is 5.75 Å². The lowest BCUT2D eigenvalue weighted by Gasteiger charge is -2.17. The molecule has 6 heteroatoms. The number of hydrogen-bond acceptors (Lipinski definition) is 4. The van der Waals surface area contributed by atoms with Gasteiger partial charge in [0.25, 0.3) is 5.91 Å². The summed E-state index contributed by atoms with van der Waals surface area (Å²) >= 11 is 0. The van der Waals surface area contributed by atoms with Crippen LogP contribution < -0.4 is 10.1 Å². The van der Waals surface area contributed by atoms with E-state index in [0.717, 1.165) is 5.56 Å². The van der Waals surface area contributed by atoms with Crippen molar-refractivity contribution in [3.63, 3.8) is 0 Å². The lowest BCUT2D eigenvalue weighted by atomic mass is 10.2. The van der Waals surface area contributed by atoms with Crippen molar-refractivity contribution in [2.24, 2.45) is 0 Å². The first-order valence-corrected chi connectivity index (χ1v) is 8.74. The second-order valence-electron chi connectivity index (χ2n) is 5.90. The normalized spacial score (nSPS) is 10.2. The van der Waals surface area contributed by atoms with E-state index in [4.69, 9.17) is 4.74 Å². The summed E-state index contributed by atoms with van der Waals surface area (Å²) in [5.41, 5.74) is 1.50. The largest absolute Gasteiger partial charge is 0.493 e. The average Bonchev–Trinajstić information content (AvgIpc) is 2.66. The maximum atomic E-state index is 12.3.